The number of rotatable bonds is 7. The van der Waals surface area contributed by atoms with Crippen LogP contribution in [0.1, 0.15) is 11.1 Å². The lowest BCUT2D eigenvalue weighted by atomic mass is 10.0. The molecule has 0 saturated carbocycles. The molecule has 0 amide bonds. The van der Waals surface area contributed by atoms with Crippen LogP contribution >= 0.6 is 0 Å². The lowest BCUT2D eigenvalue weighted by Crippen LogP contribution is -2.01. The first kappa shape index (κ1) is 18.2. The summed E-state index contributed by atoms with van der Waals surface area (Å²) in [6.07, 6.45) is 1.54. The van der Waals surface area contributed by atoms with Gasteiger partial charge in [-0.05, 0) is 41.5 Å². The Bertz CT molecular complexity index is 769. The monoisotopic (exact) mass is 344 g/mol. The number of carbonyl (C=O) groups is 1. The summed E-state index contributed by atoms with van der Waals surface area (Å²) in [5.74, 6) is 0.865. The molecule has 0 bridgehead atoms. The van der Waals surface area contributed by atoms with Crippen LogP contribution in [-0.2, 0) is 4.79 Å². The molecule has 6 heteroatoms. The first-order valence-corrected chi connectivity index (χ1v) is 7.43. The van der Waals surface area contributed by atoms with Gasteiger partial charge in [-0.1, -0.05) is 12.1 Å². The molecule has 2 aromatic rings. The fraction of sp³-hybridized carbons (Fsp3) is 0.211. The number of benzene rings is 2. The van der Waals surface area contributed by atoms with E-state index >= 15 is 0 Å². The maximum absolute atomic E-state index is 11.7. The van der Waals surface area contributed by atoms with Gasteiger partial charge in [-0.25, -0.2) is 4.79 Å². The Morgan fingerprint density at radius 2 is 1.56 bits per heavy atom. The molecule has 0 saturated heterocycles. The molecule has 0 radical (unpaired) electrons. The van der Waals surface area contributed by atoms with Crippen molar-refractivity contribution in [3.8, 4) is 23.0 Å². The Morgan fingerprint density at radius 1 is 0.920 bits per heavy atom. The number of carboxylic acids is 1. The van der Waals surface area contributed by atoms with Crippen LogP contribution < -0.4 is 18.9 Å². The van der Waals surface area contributed by atoms with Crippen molar-refractivity contribution >= 4 is 17.6 Å². The van der Waals surface area contributed by atoms with E-state index < -0.39 is 5.97 Å². The summed E-state index contributed by atoms with van der Waals surface area (Å²) in [6.45, 7) is 0. The van der Waals surface area contributed by atoms with Crippen LogP contribution in [0.4, 0.5) is 0 Å². The standard InChI is InChI=1S/C19H20O6/c1-22-14-7-5-6-13(11-14)15(19(20)21)8-12-9-16(23-2)18(25-4)17(10-12)24-3/h5-11H,1-4H3,(H,20,21)/b15-8-. The third kappa shape index (κ3) is 4.03. The van der Waals surface area contributed by atoms with Crippen LogP contribution in [0.5, 0.6) is 23.0 Å². The van der Waals surface area contributed by atoms with Gasteiger partial charge in [-0.3, -0.25) is 0 Å². The molecule has 0 atom stereocenters. The second-order valence-corrected chi connectivity index (χ2v) is 5.05. The number of methoxy groups -OCH3 is 4. The number of ether oxygens (including phenoxy) is 4. The molecule has 2 rings (SSSR count). The molecule has 0 spiro atoms. The number of hydrogen-bond acceptors (Lipinski definition) is 5. The van der Waals surface area contributed by atoms with E-state index in [1.54, 1.807) is 42.5 Å². The van der Waals surface area contributed by atoms with E-state index in [1.807, 2.05) is 0 Å². The second kappa shape index (κ2) is 8.10. The van der Waals surface area contributed by atoms with Crippen molar-refractivity contribution in [1.82, 2.24) is 0 Å². The second-order valence-electron chi connectivity index (χ2n) is 5.05. The van der Waals surface area contributed by atoms with Gasteiger partial charge in [-0.15, -0.1) is 0 Å². The molecule has 0 heterocycles. The normalized spacial score (nSPS) is 11.0. The van der Waals surface area contributed by atoms with Crippen molar-refractivity contribution < 1.29 is 28.8 Å². The summed E-state index contributed by atoms with van der Waals surface area (Å²) in [5, 5.41) is 9.61. The minimum Gasteiger partial charge on any atom is -0.497 e. The highest BCUT2D eigenvalue weighted by Gasteiger charge is 2.15. The molecule has 6 nitrogen and oxygen atoms in total. The summed E-state index contributed by atoms with van der Waals surface area (Å²) in [7, 11) is 6.05. The Balaban J connectivity index is 2.59. The highest BCUT2D eigenvalue weighted by atomic mass is 16.5. The Hall–Kier alpha value is -3.15. The van der Waals surface area contributed by atoms with Gasteiger partial charge in [-0.2, -0.15) is 0 Å². The largest absolute Gasteiger partial charge is 0.497 e. The molecule has 2 aromatic carbocycles. The highest BCUT2D eigenvalue weighted by Crippen LogP contribution is 2.39. The molecule has 25 heavy (non-hydrogen) atoms. The Kier molecular flexibility index (Phi) is 5.89. The Labute approximate surface area is 146 Å². The van der Waals surface area contributed by atoms with Crippen LogP contribution in [0, 0.1) is 0 Å². The summed E-state index contributed by atoms with van der Waals surface area (Å²) in [6, 6.07) is 10.2. The van der Waals surface area contributed by atoms with Gasteiger partial charge in [0.25, 0.3) is 0 Å². The van der Waals surface area contributed by atoms with Crippen LogP contribution in [-0.4, -0.2) is 39.5 Å². The van der Waals surface area contributed by atoms with E-state index in [4.69, 9.17) is 18.9 Å². The van der Waals surface area contributed by atoms with Crippen molar-refractivity contribution in [2.75, 3.05) is 28.4 Å². The van der Waals surface area contributed by atoms with Crippen molar-refractivity contribution in [2.24, 2.45) is 0 Å². The van der Waals surface area contributed by atoms with E-state index in [1.165, 1.54) is 28.4 Å². The van der Waals surface area contributed by atoms with Crippen molar-refractivity contribution in [3.63, 3.8) is 0 Å². The summed E-state index contributed by atoms with van der Waals surface area (Å²) >= 11 is 0. The average molecular weight is 344 g/mol. The van der Waals surface area contributed by atoms with Gasteiger partial charge < -0.3 is 24.1 Å². The molecular weight excluding hydrogens is 324 g/mol. The van der Waals surface area contributed by atoms with Crippen molar-refractivity contribution in [3.05, 3.63) is 47.5 Å². The predicted molar refractivity (Wildman–Crippen MR) is 94.6 cm³/mol. The van der Waals surface area contributed by atoms with Gasteiger partial charge in [0.1, 0.15) is 5.75 Å². The van der Waals surface area contributed by atoms with E-state index in [0.29, 0.717) is 34.1 Å². The average Bonchev–Trinajstić information content (AvgIpc) is 2.64. The van der Waals surface area contributed by atoms with Crippen LogP contribution in [0.15, 0.2) is 36.4 Å². The maximum atomic E-state index is 11.7. The highest BCUT2D eigenvalue weighted by molar-refractivity contribution is 6.20. The van der Waals surface area contributed by atoms with E-state index in [-0.39, 0.29) is 5.57 Å². The summed E-state index contributed by atoms with van der Waals surface area (Å²) in [4.78, 5) is 11.7. The molecule has 1 N–H and O–H groups in total. The van der Waals surface area contributed by atoms with Gasteiger partial charge >= 0.3 is 5.97 Å². The molecule has 0 aliphatic heterocycles. The van der Waals surface area contributed by atoms with E-state index in [9.17, 15) is 9.90 Å². The van der Waals surface area contributed by atoms with Gasteiger partial charge in [0, 0.05) is 0 Å². The maximum Gasteiger partial charge on any atom is 0.336 e. The summed E-state index contributed by atoms with van der Waals surface area (Å²) < 4.78 is 21.0. The first-order valence-electron chi connectivity index (χ1n) is 7.43. The molecular formula is C19H20O6. The number of hydrogen-bond donors (Lipinski definition) is 1. The molecule has 132 valence electrons. The third-order valence-electron chi connectivity index (χ3n) is 3.61. The zero-order valence-electron chi connectivity index (χ0n) is 14.5. The molecule has 0 aliphatic rings. The SMILES string of the molecule is COc1cccc(/C(=C/c2cc(OC)c(OC)c(OC)c2)C(=O)O)c1. The van der Waals surface area contributed by atoms with Crippen molar-refractivity contribution in [2.45, 2.75) is 0 Å². The molecule has 0 aliphatic carbocycles. The van der Waals surface area contributed by atoms with Crippen molar-refractivity contribution in [1.29, 1.82) is 0 Å². The number of aliphatic carboxylic acids is 1. The Morgan fingerprint density at radius 3 is 2.04 bits per heavy atom. The minimum atomic E-state index is -1.05. The quantitative estimate of drug-likeness (QED) is 0.613. The van der Waals surface area contributed by atoms with E-state index in [2.05, 4.69) is 0 Å². The van der Waals surface area contributed by atoms with Crippen LogP contribution in [0.25, 0.3) is 11.6 Å². The zero-order valence-corrected chi connectivity index (χ0v) is 14.5. The van der Waals surface area contributed by atoms with Crippen LogP contribution in [0.2, 0.25) is 0 Å². The predicted octanol–water partition coefficient (Wildman–Crippen LogP) is 3.35. The first-order chi connectivity index (χ1) is 12.0. The lowest BCUT2D eigenvalue weighted by molar-refractivity contribution is -0.130. The lowest BCUT2D eigenvalue weighted by Gasteiger charge is -2.13. The van der Waals surface area contributed by atoms with Gasteiger partial charge in [0.15, 0.2) is 11.5 Å². The van der Waals surface area contributed by atoms with Crippen LogP contribution in [0.3, 0.4) is 0 Å². The minimum absolute atomic E-state index is 0.119. The van der Waals surface area contributed by atoms with Gasteiger partial charge in [0.05, 0.1) is 34.0 Å². The number of carboxylic acid groups (broad SMARTS) is 1. The molecule has 0 aromatic heterocycles. The topological polar surface area (TPSA) is 74.2 Å². The smallest absolute Gasteiger partial charge is 0.336 e. The fourth-order valence-corrected chi connectivity index (χ4v) is 2.41. The van der Waals surface area contributed by atoms with E-state index in [0.717, 1.165) is 0 Å². The molecule has 0 unspecified atom stereocenters. The fourth-order valence-electron chi connectivity index (χ4n) is 2.41. The molecule has 0 fully saturated rings. The third-order valence-corrected chi connectivity index (χ3v) is 3.61. The van der Waals surface area contributed by atoms with Gasteiger partial charge in [0.2, 0.25) is 5.75 Å². The summed E-state index contributed by atoms with van der Waals surface area (Å²) in [5.41, 5.74) is 1.25. The zero-order chi connectivity index (χ0) is 18.4.